The fraction of sp³-hybridized carbons (Fsp3) is 1.00. The average Bonchev–Trinajstić information content (AvgIpc) is 2.73. The van der Waals surface area contributed by atoms with Gasteiger partial charge in [0.2, 0.25) is 0 Å². The van der Waals surface area contributed by atoms with E-state index in [-0.39, 0.29) is 0 Å². The number of fused-ring (bicyclic) bond motifs is 3. The fourth-order valence-electron chi connectivity index (χ4n) is 5.45. The maximum atomic E-state index is 2.47. The molecule has 0 bridgehead atoms. The van der Waals surface area contributed by atoms with Gasteiger partial charge in [0.05, 0.1) is 0 Å². The van der Waals surface area contributed by atoms with Crippen LogP contribution in [0.15, 0.2) is 0 Å². The van der Waals surface area contributed by atoms with Crippen molar-refractivity contribution in [1.82, 2.24) is 0 Å². The van der Waals surface area contributed by atoms with Crippen LogP contribution in [0, 0.1) is 35.5 Å². The second-order valence-electron chi connectivity index (χ2n) is 7.11. The van der Waals surface area contributed by atoms with Gasteiger partial charge < -0.3 is 0 Å². The Morgan fingerprint density at radius 2 is 1.44 bits per heavy atom. The van der Waals surface area contributed by atoms with E-state index in [1.807, 2.05) is 0 Å². The van der Waals surface area contributed by atoms with Crippen LogP contribution in [0.25, 0.3) is 0 Å². The van der Waals surface area contributed by atoms with Crippen molar-refractivity contribution in [3.05, 3.63) is 0 Å². The van der Waals surface area contributed by atoms with Crippen molar-refractivity contribution in [3.8, 4) is 0 Å². The summed E-state index contributed by atoms with van der Waals surface area (Å²) in [4.78, 5) is 0. The lowest BCUT2D eigenvalue weighted by Crippen LogP contribution is -2.38. The van der Waals surface area contributed by atoms with Crippen LogP contribution in [0.4, 0.5) is 0 Å². The van der Waals surface area contributed by atoms with Crippen molar-refractivity contribution in [3.63, 3.8) is 0 Å². The molecule has 5 unspecified atom stereocenters. The summed E-state index contributed by atoms with van der Waals surface area (Å²) < 4.78 is 0. The first-order chi connectivity index (χ1) is 7.77. The number of hydrogen-bond acceptors (Lipinski definition) is 0. The third-order valence-corrected chi connectivity index (χ3v) is 6.14. The molecule has 3 aliphatic rings. The number of rotatable bonds is 1. The Bertz CT molecular complexity index is 242. The fourth-order valence-corrected chi connectivity index (χ4v) is 5.45. The molecule has 0 spiro atoms. The summed E-state index contributed by atoms with van der Waals surface area (Å²) >= 11 is 0. The van der Waals surface area contributed by atoms with Gasteiger partial charge in [0.15, 0.2) is 0 Å². The molecule has 16 heavy (non-hydrogen) atoms. The van der Waals surface area contributed by atoms with Crippen molar-refractivity contribution >= 4 is 0 Å². The Hall–Kier alpha value is 0. The van der Waals surface area contributed by atoms with E-state index in [0.717, 1.165) is 35.5 Å². The molecule has 0 aliphatic heterocycles. The molecule has 0 aromatic rings. The lowest BCUT2D eigenvalue weighted by Gasteiger charge is -2.46. The van der Waals surface area contributed by atoms with Gasteiger partial charge in [-0.2, -0.15) is 0 Å². The van der Waals surface area contributed by atoms with E-state index in [1.165, 1.54) is 12.8 Å². The summed E-state index contributed by atoms with van der Waals surface area (Å²) in [7, 11) is 0. The molecule has 0 nitrogen and oxygen atoms in total. The summed E-state index contributed by atoms with van der Waals surface area (Å²) in [6.45, 7) is 4.94. The highest BCUT2D eigenvalue weighted by Gasteiger charge is 2.47. The second kappa shape index (κ2) is 4.35. The molecule has 92 valence electrons. The Morgan fingerprint density at radius 1 is 0.750 bits per heavy atom. The molecule has 3 fully saturated rings. The molecule has 5 atom stereocenters. The van der Waals surface area contributed by atoms with Gasteiger partial charge in [-0.3, -0.25) is 0 Å². The highest BCUT2D eigenvalue weighted by Crippen LogP contribution is 2.56. The molecular weight excluding hydrogens is 192 g/mol. The molecule has 0 heteroatoms. The Kier molecular flexibility index (Phi) is 3.02. The predicted molar refractivity (Wildman–Crippen MR) is 69.2 cm³/mol. The lowest BCUT2D eigenvalue weighted by atomic mass is 9.59. The lowest BCUT2D eigenvalue weighted by molar-refractivity contribution is 0.0366. The van der Waals surface area contributed by atoms with E-state index in [9.17, 15) is 0 Å². The molecule has 0 N–H and O–H groups in total. The third kappa shape index (κ3) is 1.73. The summed E-state index contributed by atoms with van der Waals surface area (Å²) in [6.07, 6.45) is 12.5. The molecule has 3 saturated carbocycles. The SMILES string of the molecule is CC(C)C1CCC2CCC3CCCCC3C21. The highest BCUT2D eigenvalue weighted by molar-refractivity contribution is 4.97. The quantitative estimate of drug-likeness (QED) is 0.590. The largest absolute Gasteiger partial charge is 0.0625 e. The van der Waals surface area contributed by atoms with Gasteiger partial charge in [-0.25, -0.2) is 0 Å². The van der Waals surface area contributed by atoms with Crippen molar-refractivity contribution in [1.29, 1.82) is 0 Å². The van der Waals surface area contributed by atoms with Gasteiger partial charge in [-0.15, -0.1) is 0 Å². The zero-order valence-corrected chi connectivity index (χ0v) is 11.1. The van der Waals surface area contributed by atoms with E-state index in [1.54, 1.807) is 38.5 Å². The highest BCUT2D eigenvalue weighted by atomic mass is 14.5. The van der Waals surface area contributed by atoms with E-state index in [2.05, 4.69) is 13.8 Å². The smallest absolute Gasteiger partial charge is 0.0324 e. The summed E-state index contributed by atoms with van der Waals surface area (Å²) in [6, 6.07) is 0. The predicted octanol–water partition coefficient (Wildman–Crippen LogP) is 4.89. The van der Waals surface area contributed by atoms with E-state index < -0.39 is 0 Å². The molecular formula is C16H28. The summed E-state index contributed by atoms with van der Waals surface area (Å²) in [5.41, 5.74) is 0. The zero-order chi connectivity index (χ0) is 11.1. The van der Waals surface area contributed by atoms with Crippen molar-refractivity contribution in [2.75, 3.05) is 0 Å². The maximum Gasteiger partial charge on any atom is -0.0324 e. The van der Waals surface area contributed by atoms with Gasteiger partial charge in [-0.1, -0.05) is 33.1 Å². The first kappa shape index (κ1) is 11.1. The molecule has 0 radical (unpaired) electrons. The van der Waals surface area contributed by atoms with E-state index in [4.69, 9.17) is 0 Å². The Labute approximate surface area is 101 Å². The van der Waals surface area contributed by atoms with E-state index in [0.29, 0.717) is 0 Å². The van der Waals surface area contributed by atoms with Crippen LogP contribution in [0.1, 0.15) is 65.2 Å². The minimum atomic E-state index is 0.940. The maximum absolute atomic E-state index is 2.47. The van der Waals surface area contributed by atoms with Crippen molar-refractivity contribution in [2.24, 2.45) is 35.5 Å². The summed E-state index contributed by atoms with van der Waals surface area (Å²) in [5.74, 6) is 6.56. The van der Waals surface area contributed by atoms with Crippen molar-refractivity contribution < 1.29 is 0 Å². The molecule has 0 aromatic heterocycles. The topological polar surface area (TPSA) is 0 Å². The Balaban J connectivity index is 1.80. The van der Waals surface area contributed by atoms with Crippen molar-refractivity contribution in [2.45, 2.75) is 65.2 Å². The van der Waals surface area contributed by atoms with Crippen LogP contribution in [0.2, 0.25) is 0 Å². The monoisotopic (exact) mass is 220 g/mol. The van der Waals surface area contributed by atoms with Crippen LogP contribution in [0.3, 0.4) is 0 Å². The normalized spacial score (nSPS) is 47.8. The minimum Gasteiger partial charge on any atom is -0.0625 e. The van der Waals surface area contributed by atoms with Crippen LogP contribution in [0.5, 0.6) is 0 Å². The summed E-state index contributed by atoms with van der Waals surface area (Å²) in [5, 5.41) is 0. The molecule has 0 saturated heterocycles. The average molecular weight is 220 g/mol. The molecule has 0 aromatic carbocycles. The minimum absolute atomic E-state index is 0.940. The molecule has 3 rings (SSSR count). The van der Waals surface area contributed by atoms with Gasteiger partial charge >= 0.3 is 0 Å². The molecule has 0 heterocycles. The standard InChI is InChI=1S/C16H28/c1-11(2)14-10-9-13-8-7-12-5-3-4-6-15(12)16(13)14/h11-16H,3-10H2,1-2H3. The third-order valence-electron chi connectivity index (χ3n) is 6.14. The van der Waals surface area contributed by atoms with Gasteiger partial charge in [0, 0.05) is 0 Å². The number of hydrogen-bond donors (Lipinski definition) is 0. The first-order valence-electron chi connectivity index (χ1n) is 7.77. The van der Waals surface area contributed by atoms with Crippen LogP contribution < -0.4 is 0 Å². The van der Waals surface area contributed by atoms with Gasteiger partial charge in [0.25, 0.3) is 0 Å². The molecule has 0 amide bonds. The van der Waals surface area contributed by atoms with E-state index >= 15 is 0 Å². The Morgan fingerprint density at radius 3 is 2.25 bits per heavy atom. The van der Waals surface area contributed by atoms with Crippen LogP contribution in [-0.4, -0.2) is 0 Å². The first-order valence-corrected chi connectivity index (χ1v) is 7.77. The molecule has 3 aliphatic carbocycles. The van der Waals surface area contributed by atoms with Crippen LogP contribution in [-0.2, 0) is 0 Å². The second-order valence-corrected chi connectivity index (χ2v) is 7.11. The van der Waals surface area contributed by atoms with Crippen LogP contribution >= 0.6 is 0 Å². The zero-order valence-electron chi connectivity index (χ0n) is 11.1. The van der Waals surface area contributed by atoms with Gasteiger partial charge in [-0.05, 0) is 67.6 Å². The van der Waals surface area contributed by atoms with Gasteiger partial charge in [0.1, 0.15) is 0 Å².